The van der Waals surface area contributed by atoms with E-state index < -0.39 is 43.2 Å². The van der Waals surface area contributed by atoms with E-state index >= 15 is 0 Å². The normalized spacial score (nSPS) is 34.7. The molecule has 13 nitrogen and oxygen atoms in total. The predicted octanol–water partition coefficient (Wildman–Crippen LogP) is 6.78. The molecular weight excluding hydrogens is 781 g/mol. The van der Waals surface area contributed by atoms with Crippen molar-refractivity contribution in [2.75, 3.05) is 59.8 Å². The topological polar surface area (TPSA) is 185 Å². The number of hydrogen-bond acceptors (Lipinski definition) is 11. The minimum Gasteiger partial charge on any atom is -0.453 e. The lowest BCUT2D eigenvalue weighted by Crippen LogP contribution is -2.55. The first kappa shape index (κ1) is 53.5. The number of rotatable bonds is 21. The second-order valence-corrected chi connectivity index (χ2v) is 19.6. The third kappa shape index (κ3) is 14.8. The molecule has 5 aliphatic rings. The summed E-state index contributed by atoms with van der Waals surface area (Å²) >= 11 is 0. The van der Waals surface area contributed by atoms with Crippen LogP contribution in [0.3, 0.4) is 0 Å². The molecule has 0 aromatic heterocycles. The number of allylic oxidation sites excluding steroid dienone is 1. The smallest absolute Gasteiger partial charge is 0.406 e. The van der Waals surface area contributed by atoms with Gasteiger partial charge in [-0.05, 0) is 111 Å². The van der Waals surface area contributed by atoms with E-state index in [0.29, 0.717) is 63.2 Å². The summed E-state index contributed by atoms with van der Waals surface area (Å²) < 4.78 is 26.1. The lowest BCUT2D eigenvalue weighted by Gasteiger charge is -2.58. The Labute approximate surface area is 368 Å². The van der Waals surface area contributed by atoms with E-state index in [1.165, 1.54) is 64.9 Å². The standard InChI is InChI=1S/C27H46O.C20H38N2O10.CH4/c1-18(2)7-6-8-19(3)23-11-12-24-22-10-9-20-17-21(28)13-15-26(20,4)25(22)14-16-27(23,24)5;1-14-17(25)18(26)15(13-23)32-19(14)31-9-3-5-16(24)21-6-4-8-29-11-12-30-10-7-22-20(27)28-2;/h9,18-19,21-25,28H,6-8,10-17H2,1-5H3;14-15,17-19,23,25-26H,3-13H2,1-2H3,(H,21,24)(H,22,27);1H4/t19-,21?,22?,23-,24?,25?,26+,27-;;/m0../s1. The molecule has 1 heterocycles. The van der Waals surface area contributed by atoms with Gasteiger partial charge in [0.25, 0.3) is 0 Å². The lowest BCUT2D eigenvalue weighted by atomic mass is 9.47. The van der Waals surface area contributed by atoms with Crippen molar-refractivity contribution in [1.82, 2.24) is 10.6 Å². The molecular formula is C48H88N2O11. The summed E-state index contributed by atoms with van der Waals surface area (Å²) in [6, 6.07) is 0. The number of aliphatic hydroxyl groups excluding tert-OH is 4. The fourth-order valence-corrected chi connectivity index (χ4v) is 11.6. The van der Waals surface area contributed by atoms with Gasteiger partial charge >= 0.3 is 6.09 Å². The van der Waals surface area contributed by atoms with E-state index in [2.05, 4.69) is 56.1 Å². The third-order valence-corrected chi connectivity index (χ3v) is 15.2. The summed E-state index contributed by atoms with van der Waals surface area (Å²) in [5, 5.41) is 44.5. The Morgan fingerprint density at radius 1 is 0.869 bits per heavy atom. The maximum Gasteiger partial charge on any atom is 0.406 e. The highest BCUT2D eigenvalue weighted by molar-refractivity contribution is 5.75. The van der Waals surface area contributed by atoms with Gasteiger partial charge in [-0.1, -0.05) is 79.9 Å². The maximum absolute atomic E-state index is 11.9. The molecule has 5 rings (SSSR count). The van der Waals surface area contributed by atoms with Gasteiger partial charge in [0.05, 0.1) is 52.4 Å². The van der Waals surface area contributed by atoms with Gasteiger partial charge in [-0.25, -0.2) is 4.79 Å². The molecule has 356 valence electrons. The van der Waals surface area contributed by atoms with Crippen LogP contribution in [-0.2, 0) is 28.5 Å². The number of carbonyl (C=O) groups is 2. The molecule has 0 radical (unpaired) electrons. The van der Waals surface area contributed by atoms with Gasteiger partial charge in [0.1, 0.15) is 12.2 Å². The molecule has 0 aromatic carbocycles. The Morgan fingerprint density at radius 2 is 1.61 bits per heavy atom. The molecule has 1 aliphatic heterocycles. The fraction of sp³-hybridized carbons (Fsp3) is 0.917. The average molecular weight is 869 g/mol. The lowest BCUT2D eigenvalue weighted by molar-refractivity contribution is -0.282. The Hall–Kier alpha value is -1.84. The van der Waals surface area contributed by atoms with Crippen molar-refractivity contribution in [3.63, 3.8) is 0 Å². The summed E-state index contributed by atoms with van der Waals surface area (Å²) in [5.41, 5.74) is 2.60. The maximum atomic E-state index is 11.9. The minimum atomic E-state index is -1.16. The molecule has 13 atom stereocenters. The van der Waals surface area contributed by atoms with Crippen LogP contribution in [0, 0.1) is 52.3 Å². The quantitative estimate of drug-likeness (QED) is 0.0528. The molecule has 9 unspecified atom stereocenters. The second-order valence-electron chi connectivity index (χ2n) is 19.6. The number of fused-ring (bicyclic) bond motifs is 5. The van der Waals surface area contributed by atoms with Crippen LogP contribution >= 0.6 is 0 Å². The van der Waals surface area contributed by atoms with Crippen molar-refractivity contribution in [3.8, 4) is 0 Å². The SMILES string of the molecule is C.CC(C)CCC[C@H](C)[C@@H]1CCC2C3CC=C4CC(O)CC[C@@]4(C)C3CC[C@]21C.COC(=O)NCCOCCOCCCNC(=O)CCCOC1OC(CO)C(O)C(O)C1C. The van der Waals surface area contributed by atoms with Crippen molar-refractivity contribution >= 4 is 12.0 Å². The van der Waals surface area contributed by atoms with Gasteiger partial charge in [0.15, 0.2) is 6.29 Å². The van der Waals surface area contributed by atoms with Crippen LogP contribution < -0.4 is 10.6 Å². The highest BCUT2D eigenvalue weighted by Crippen LogP contribution is 2.67. The molecule has 0 spiro atoms. The van der Waals surface area contributed by atoms with Crippen molar-refractivity contribution < 1.29 is 53.7 Å². The summed E-state index contributed by atoms with van der Waals surface area (Å²) in [7, 11) is 1.29. The van der Waals surface area contributed by atoms with Crippen LogP contribution in [0.15, 0.2) is 11.6 Å². The molecule has 0 aromatic rings. The largest absolute Gasteiger partial charge is 0.453 e. The number of aliphatic hydroxyl groups is 4. The summed E-state index contributed by atoms with van der Waals surface area (Å²) in [5.74, 6) is 4.90. The molecule has 1 saturated heterocycles. The van der Waals surface area contributed by atoms with Crippen LogP contribution in [0.1, 0.15) is 139 Å². The Bertz CT molecular complexity index is 1320. The summed E-state index contributed by atoms with van der Waals surface area (Å²) in [4.78, 5) is 22.7. The number of hydrogen-bond donors (Lipinski definition) is 6. The Kier molecular flexibility index (Phi) is 23.0. The van der Waals surface area contributed by atoms with Crippen molar-refractivity contribution in [1.29, 1.82) is 0 Å². The zero-order chi connectivity index (χ0) is 43.9. The first-order chi connectivity index (χ1) is 28.7. The summed E-state index contributed by atoms with van der Waals surface area (Å²) in [6.07, 6.45) is 14.2. The van der Waals surface area contributed by atoms with Crippen molar-refractivity contribution in [2.45, 2.75) is 170 Å². The van der Waals surface area contributed by atoms with E-state index in [4.69, 9.17) is 18.9 Å². The van der Waals surface area contributed by atoms with Gasteiger partial charge in [0.2, 0.25) is 5.91 Å². The number of ether oxygens (including phenoxy) is 5. The Balaban J connectivity index is 0.000000322. The molecule has 4 aliphatic carbocycles. The number of methoxy groups -OCH3 is 1. The monoisotopic (exact) mass is 869 g/mol. The molecule has 4 fully saturated rings. The highest BCUT2D eigenvalue weighted by atomic mass is 16.7. The van der Waals surface area contributed by atoms with Gasteiger partial charge in [0, 0.05) is 32.0 Å². The molecule has 3 saturated carbocycles. The van der Waals surface area contributed by atoms with Gasteiger partial charge in [-0.3, -0.25) is 4.79 Å². The third-order valence-electron chi connectivity index (χ3n) is 15.2. The van der Waals surface area contributed by atoms with Crippen molar-refractivity contribution in [2.24, 2.45) is 52.3 Å². The van der Waals surface area contributed by atoms with Gasteiger partial charge in [-0.15, -0.1) is 0 Å². The second kappa shape index (κ2) is 26.2. The number of alkyl carbamates (subject to hydrolysis) is 1. The van der Waals surface area contributed by atoms with Crippen LogP contribution in [-0.4, -0.2) is 123 Å². The van der Waals surface area contributed by atoms with Crippen LogP contribution in [0.25, 0.3) is 0 Å². The fourth-order valence-electron chi connectivity index (χ4n) is 11.6. The zero-order valence-electron chi connectivity index (χ0n) is 38.2. The first-order valence-electron chi connectivity index (χ1n) is 23.5. The van der Waals surface area contributed by atoms with Crippen LogP contribution in [0.5, 0.6) is 0 Å². The summed E-state index contributed by atoms with van der Waals surface area (Å²) in [6.45, 7) is 16.6. The minimum absolute atomic E-state index is 0. The zero-order valence-corrected chi connectivity index (χ0v) is 38.2. The van der Waals surface area contributed by atoms with E-state index in [1.807, 2.05) is 0 Å². The molecule has 0 bridgehead atoms. The molecule has 61 heavy (non-hydrogen) atoms. The van der Waals surface area contributed by atoms with E-state index in [0.717, 1.165) is 48.3 Å². The van der Waals surface area contributed by atoms with Crippen LogP contribution in [0.4, 0.5) is 4.79 Å². The van der Waals surface area contributed by atoms with Gasteiger partial charge in [-0.2, -0.15) is 0 Å². The first-order valence-corrected chi connectivity index (χ1v) is 23.5. The molecule has 6 N–H and O–H groups in total. The van der Waals surface area contributed by atoms with E-state index in [-0.39, 0.29) is 32.5 Å². The number of amides is 2. The molecule has 13 heteroatoms. The van der Waals surface area contributed by atoms with Crippen LogP contribution in [0.2, 0.25) is 0 Å². The number of carbonyl (C=O) groups excluding carboxylic acids is 2. The average Bonchev–Trinajstić information content (AvgIpc) is 3.59. The van der Waals surface area contributed by atoms with E-state index in [9.17, 15) is 30.0 Å². The number of nitrogens with one attached hydrogen (secondary N) is 2. The predicted molar refractivity (Wildman–Crippen MR) is 238 cm³/mol. The highest BCUT2D eigenvalue weighted by Gasteiger charge is 2.59. The van der Waals surface area contributed by atoms with E-state index in [1.54, 1.807) is 12.5 Å². The van der Waals surface area contributed by atoms with Gasteiger partial charge < -0.3 is 54.7 Å². The molecule has 2 amide bonds. The Morgan fingerprint density at radius 3 is 2.31 bits per heavy atom. The van der Waals surface area contributed by atoms with Crippen molar-refractivity contribution in [3.05, 3.63) is 11.6 Å².